The van der Waals surface area contributed by atoms with E-state index >= 15 is 0 Å². The van der Waals surface area contributed by atoms with Crippen molar-refractivity contribution >= 4 is 23.5 Å². The summed E-state index contributed by atoms with van der Waals surface area (Å²) in [7, 11) is 0. The molecule has 2 aromatic rings. The summed E-state index contributed by atoms with van der Waals surface area (Å²) >= 11 is 5.94. The van der Waals surface area contributed by atoms with Gasteiger partial charge in [-0.05, 0) is 37.4 Å². The van der Waals surface area contributed by atoms with Gasteiger partial charge in [0.25, 0.3) is 0 Å². The lowest BCUT2D eigenvalue weighted by Crippen LogP contribution is -2.12. The molecule has 0 bridgehead atoms. The minimum Gasteiger partial charge on any atom is -0.354 e. The maximum atomic E-state index is 5.94. The van der Waals surface area contributed by atoms with Crippen LogP contribution in [0.15, 0.2) is 24.3 Å². The van der Waals surface area contributed by atoms with Crippen LogP contribution in [0.5, 0.6) is 0 Å². The third-order valence-electron chi connectivity index (χ3n) is 3.06. The summed E-state index contributed by atoms with van der Waals surface area (Å²) < 4.78 is 0. The van der Waals surface area contributed by atoms with Crippen LogP contribution in [-0.2, 0) is 0 Å². The Labute approximate surface area is 130 Å². The second-order valence-corrected chi connectivity index (χ2v) is 5.29. The third-order valence-corrected chi connectivity index (χ3v) is 3.23. The summed E-state index contributed by atoms with van der Waals surface area (Å²) in [6, 6.07) is 8.44. The number of hydrogen-bond donors (Lipinski definition) is 2. The molecule has 5 nitrogen and oxygen atoms in total. The molecule has 0 saturated heterocycles. The first-order chi connectivity index (χ1) is 10.1. The average molecular weight is 306 g/mol. The molecule has 0 aliphatic heterocycles. The van der Waals surface area contributed by atoms with Crippen molar-refractivity contribution in [2.24, 2.45) is 0 Å². The zero-order chi connectivity index (χ0) is 15.2. The van der Waals surface area contributed by atoms with Gasteiger partial charge in [-0.25, -0.2) is 0 Å². The molecular formula is C15H20ClN5. The Bertz CT molecular complexity index is 585. The van der Waals surface area contributed by atoms with Gasteiger partial charge in [-0.1, -0.05) is 36.8 Å². The number of anilines is 2. The van der Waals surface area contributed by atoms with Crippen molar-refractivity contribution in [1.82, 2.24) is 15.0 Å². The number of aromatic nitrogens is 3. The zero-order valence-electron chi connectivity index (χ0n) is 12.5. The van der Waals surface area contributed by atoms with Crippen LogP contribution in [0.4, 0.5) is 11.9 Å². The van der Waals surface area contributed by atoms with Gasteiger partial charge >= 0.3 is 0 Å². The maximum Gasteiger partial charge on any atom is 0.229 e. The van der Waals surface area contributed by atoms with Crippen molar-refractivity contribution in [2.75, 3.05) is 17.2 Å². The molecule has 0 amide bonds. The Hall–Kier alpha value is -1.88. The third kappa shape index (κ3) is 4.56. The van der Waals surface area contributed by atoms with Crippen LogP contribution >= 0.6 is 11.6 Å². The summed E-state index contributed by atoms with van der Waals surface area (Å²) in [4.78, 5) is 12.5. The van der Waals surface area contributed by atoms with Crippen LogP contribution in [0.2, 0.25) is 5.28 Å². The first-order valence-electron chi connectivity index (χ1n) is 7.07. The smallest absolute Gasteiger partial charge is 0.229 e. The van der Waals surface area contributed by atoms with Gasteiger partial charge in [0.05, 0.1) is 6.04 Å². The minimum absolute atomic E-state index is 0.0862. The molecule has 1 aromatic carbocycles. The summed E-state index contributed by atoms with van der Waals surface area (Å²) in [5, 5.41) is 6.54. The second-order valence-electron chi connectivity index (χ2n) is 4.96. The largest absolute Gasteiger partial charge is 0.354 e. The van der Waals surface area contributed by atoms with Crippen LogP contribution in [0.3, 0.4) is 0 Å². The fourth-order valence-corrected chi connectivity index (χ4v) is 2.02. The molecule has 6 heteroatoms. The van der Waals surface area contributed by atoms with E-state index in [0.717, 1.165) is 13.0 Å². The Morgan fingerprint density at radius 1 is 1.10 bits per heavy atom. The Morgan fingerprint density at radius 3 is 2.43 bits per heavy atom. The van der Waals surface area contributed by atoms with Gasteiger partial charge in [0.15, 0.2) is 0 Å². The van der Waals surface area contributed by atoms with E-state index in [0.29, 0.717) is 11.9 Å². The van der Waals surface area contributed by atoms with Gasteiger partial charge in [0.2, 0.25) is 17.2 Å². The lowest BCUT2D eigenvalue weighted by Gasteiger charge is -2.15. The molecule has 1 heterocycles. The highest BCUT2D eigenvalue weighted by Gasteiger charge is 2.09. The predicted octanol–water partition coefficient (Wildman–Crippen LogP) is 3.83. The van der Waals surface area contributed by atoms with Crippen LogP contribution in [-0.4, -0.2) is 21.5 Å². The van der Waals surface area contributed by atoms with Gasteiger partial charge in [-0.2, -0.15) is 15.0 Å². The maximum absolute atomic E-state index is 5.94. The molecule has 21 heavy (non-hydrogen) atoms. The highest BCUT2D eigenvalue weighted by atomic mass is 35.5. The molecule has 2 rings (SSSR count). The Kier molecular flexibility index (Phi) is 5.33. The standard InChI is InChI=1S/C15H20ClN5/c1-4-9-17-14-19-13(16)20-15(21-14)18-11(3)12-7-5-10(2)6-8-12/h5-8,11H,4,9H2,1-3H3,(H2,17,18,19,20,21). The number of aryl methyl sites for hydroxylation is 1. The van der Waals surface area contributed by atoms with E-state index in [2.05, 4.69) is 70.6 Å². The van der Waals surface area contributed by atoms with Gasteiger partial charge in [0, 0.05) is 6.54 Å². The average Bonchev–Trinajstić information content (AvgIpc) is 2.45. The lowest BCUT2D eigenvalue weighted by molar-refractivity contribution is 0.850. The van der Waals surface area contributed by atoms with Crippen molar-refractivity contribution in [2.45, 2.75) is 33.2 Å². The molecule has 0 aliphatic rings. The van der Waals surface area contributed by atoms with E-state index in [1.165, 1.54) is 11.1 Å². The fourth-order valence-electron chi connectivity index (χ4n) is 1.86. The lowest BCUT2D eigenvalue weighted by atomic mass is 10.1. The first kappa shape index (κ1) is 15.5. The molecule has 0 saturated carbocycles. The summed E-state index contributed by atoms with van der Waals surface area (Å²) in [5.41, 5.74) is 2.40. The van der Waals surface area contributed by atoms with Crippen LogP contribution in [0, 0.1) is 6.92 Å². The van der Waals surface area contributed by atoms with Gasteiger partial charge < -0.3 is 10.6 Å². The fraction of sp³-hybridized carbons (Fsp3) is 0.400. The predicted molar refractivity (Wildman–Crippen MR) is 86.8 cm³/mol. The van der Waals surface area contributed by atoms with Crippen molar-refractivity contribution in [3.63, 3.8) is 0 Å². The summed E-state index contributed by atoms with van der Waals surface area (Å²) in [6.45, 7) is 7.00. The molecule has 0 fully saturated rings. The topological polar surface area (TPSA) is 62.7 Å². The first-order valence-corrected chi connectivity index (χ1v) is 7.45. The molecule has 0 radical (unpaired) electrons. The van der Waals surface area contributed by atoms with Crippen LogP contribution in [0.25, 0.3) is 0 Å². The Morgan fingerprint density at radius 2 is 1.76 bits per heavy atom. The number of halogens is 1. The minimum atomic E-state index is 0.0862. The number of benzene rings is 1. The van der Waals surface area contributed by atoms with Crippen molar-refractivity contribution < 1.29 is 0 Å². The zero-order valence-corrected chi connectivity index (χ0v) is 13.3. The van der Waals surface area contributed by atoms with E-state index in [1.54, 1.807) is 0 Å². The number of nitrogens with zero attached hydrogens (tertiary/aromatic N) is 3. The highest BCUT2D eigenvalue weighted by molar-refractivity contribution is 6.28. The molecule has 0 spiro atoms. The second kappa shape index (κ2) is 7.22. The number of rotatable bonds is 6. The quantitative estimate of drug-likeness (QED) is 0.849. The number of hydrogen-bond acceptors (Lipinski definition) is 5. The SMILES string of the molecule is CCCNc1nc(Cl)nc(NC(C)c2ccc(C)cc2)n1. The van der Waals surface area contributed by atoms with E-state index in [-0.39, 0.29) is 11.3 Å². The van der Waals surface area contributed by atoms with E-state index < -0.39 is 0 Å². The van der Waals surface area contributed by atoms with Gasteiger partial charge in [-0.3, -0.25) is 0 Å². The van der Waals surface area contributed by atoms with Gasteiger partial charge in [-0.15, -0.1) is 0 Å². The molecule has 112 valence electrons. The molecule has 2 N–H and O–H groups in total. The highest BCUT2D eigenvalue weighted by Crippen LogP contribution is 2.18. The molecule has 1 aromatic heterocycles. The Balaban J connectivity index is 2.10. The van der Waals surface area contributed by atoms with Gasteiger partial charge in [0.1, 0.15) is 0 Å². The summed E-state index contributed by atoms with van der Waals surface area (Å²) in [5.74, 6) is 0.970. The van der Waals surface area contributed by atoms with Crippen LogP contribution < -0.4 is 10.6 Å². The van der Waals surface area contributed by atoms with Crippen LogP contribution in [0.1, 0.15) is 37.4 Å². The van der Waals surface area contributed by atoms with E-state index in [9.17, 15) is 0 Å². The number of nitrogens with one attached hydrogen (secondary N) is 2. The van der Waals surface area contributed by atoms with Crippen molar-refractivity contribution in [1.29, 1.82) is 0 Å². The molecule has 1 unspecified atom stereocenters. The molecule has 0 aliphatic carbocycles. The van der Waals surface area contributed by atoms with Crippen molar-refractivity contribution in [3.05, 3.63) is 40.7 Å². The van der Waals surface area contributed by atoms with Crippen molar-refractivity contribution in [3.8, 4) is 0 Å². The molecule has 1 atom stereocenters. The monoisotopic (exact) mass is 305 g/mol. The van der Waals surface area contributed by atoms with E-state index in [1.807, 2.05) is 0 Å². The molecular weight excluding hydrogens is 286 g/mol. The van der Waals surface area contributed by atoms with E-state index in [4.69, 9.17) is 11.6 Å². The summed E-state index contributed by atoms with van der Waals surface area (Å²) in [6.07, 6.45) is 0.992. The normalized spacial score (nSPS) is 12.0.